The number of carbonyl (C=O) groups excluding carboxylic acids is 1. The second kappa shape index (κ2) is 6.92. The first-order chi connectivity index (χ1) is 10.1. The van der Waals surface area contributed by atoms with Crippen LogP contribution >= 0.6 is 11.3 Å². The second-order valence-electron chi connectivity index (χ2n) is 4.27. The summed E-state index contributed by atoms with van der Waals surface area (Å²) in [4.78, 5) is 20.7. The quantitative estimate of drug-likeness (QED) is 0.683. The summed E-state index contributed by atoms with van der Waals surface area (Å²) in [5.41, 5.74) is 2.93. The Morgan fingerprint density at radius 1 is 1.57 bits per heavy atom. The van der Waals surface area contributed by atoms with Gasteiger partial charge in [0.2, 0.25) is 0 Å². The third-order valence-corrected chi connectivity index (χ3v) is 5.22. The van der Waals surface area contributed by atoms with E-state index in [1.807, 2.05) is 13.0 Å². The van der Waals surface area contributed by atoms with Crippen molar-refractivity contribution in [1.82, 2.24) is 9.97 Å². The van der Waals surface area contributed by atoms with Gasteiger partial charge in [-0.05, 0) is 0 Å². The molecule has 0 aliphatic heterocycles. The summed E-state index contributed by atoms with van der Waals surface area (Å²) in [6.45, 7) is 5.83. The monoisotopic (exact) mass is 470 g/mol. The molecule has 4 nitrogen and oxygen atoms in total. The number of esters is 1. The van der Waals surface area contributed by atoms with E-state index in [1.165, 1.54) is 37.8 Å². The summed E-state index contributed by atoms with van der Waals surface area (Å²) in [5, 5.41) is 0. The second-order valence-corrected chi connectivity index (χ2v) is 6.20. The van der Waals surface area contributed by atoms with E-state index in [0.29, 0.717) is 4.88 Å². The van der Waals surface area contributed by atoms with Crippen LogP contribution in [0.1, 0.15) is 27.3 Å². The molecule has 0 aliphatic rings. The number of hydrogen-bond acceptors (Lipinski definition) is 4. The van der Waals surface area contributed by atoms with Gasteiger partial charge in [0, 0.05) is 0 Å². The number of allylic oxidation sites excluding steroid dienone is 1. The molecular formula is C15H14N2O2SW. The van der Waals surface area contributed by atoms with Crippen LogP contribution in [-0.4, -0.2) is 27.4 Å². The summed E-state index contributed by atoms with van der Waals surface area (Å²) in [6, 6.07) is 1.80. The standard InChI is InChI=1S/C15H14N2O2S.W/c1-5-12-10(7-13(20-12)15(18)19-4)11-8-16-14(17-11)6-9(2)3;/h2,5-8H,1H2,3-4H3,(H,16,17);/b9-6+;. The fourth-order valence-electron chi connectivity index (χ4n) is 1.76. The Hall–Kier alpha value is -1.58. The Bertz CT molecular complexity index is 728. The van der Waals surface area contributed by atoms with Gasteiger partial charge in [0.05, 0.1) is 0 Å². The Kier molecular flexibility index (Phi) is 5.21. The zero-order valence-corrected chi connectivity index (χ0v) is 15.4. The van der Waals surface area contributed by atoms with E-state index in [1.54, 1.807) is 18.3 Å². The predicted molar refractivity (Wildman–Crippen MR) is 83.0 cm³/mol. The normalized spacial score (nSPS) is 11.2. The van der Waals surface area contributed by atoms with Crippen molar-refractivity contribution < 1.29 is 28.9 Å². The predicted octanol–water partition coefficient (Wildman–Crippen LogP) is 3.32. The van der Waals surface area contributed by atoms with Crippen LogP contribution < -0.4 is 0 Å². The van der Waals surface area contributed by atoms with Crippen molar-refractivity contribution in [1.29, 1.82) is 0 Å². The fraction of sp³-hybridized carbons (Fsp3) is 0.133. The molecule has 2 rings (SSSR count). The van der Waals surface area contributed by atoms with Crippen LogP contribution in [0, 0.1) is 0 Å². The Balaban J connectivity index is 2.42. The van der Waals surface area contributed by atoms with Crippen LogP contribution in [0.5, 0.6) is 0 Å². The van der Waals surface area contributed by atoms with E-state index in [-0.39, 0.29) is 5.97 Å². The number of imidazole rings is 1. The molecule has 6 heteroatoms. The molecule has 0 unspecified atom stereocenters. The number of ether oxygens (including phenoxy) is 1. The summed E-state index contributed by atoms with van der Waals surface area (Å²) in [6.07, 6.45) is 5.48. The summed E-state index contributed by atoms with van der Waals surface area (Å²) in [5.74, 6) is 0.453. The number of rotatable bonds is 5. The number of H-pyrrole nitrogens is 1. The number of nitrogens with zero attached hydrogens (tertiary/aromatic N) is 1. The molecule has 0 saturated carbocycles. The Labute approximate surface area is 138 Å². The molecule has 0 amide bonds. The number of thiophene rings is 1. The first-order valence-corrected chi connectivity index (χ1v) is 8.63. The molecule has 21 heavy (non-hydrogen) atoms. The van der Waals surface area contributed by atoms with Gasteiger partial charge < -0.3 is 0 Å². The minimum absolute atomic E-state index is 0.339. The molecule has 0 spiro atoms. The number of aromatic nitrogens is 2. The van der Waals surface area contributed by atoms with Crippen LogP contribution in [0.25, 0.3) is 23.4 Å². The van der Waals surface area contributed by atoms with Gasteiger partial charge in [0.25, 0.3) is 0 Å². The molecule has 0 fully saturated rings. The topological polar surface area (TPSA) is 55.0 Å². The van der Waals surface area contributed by atoms with E-state index in [2.05, 4.69) is 20.9 Å². The molecule has 1 N–H and O–H groups in total. The molecule has 0 saturated heterocycles. The molecular weight excluding hydrogens is 456 g/mol. The van der Waals surface area contributed by atoms with Crippen LogP contribution in [0.4, 0.5) is 0 Å². The summed E-state index contributed by atoms with van der Waals surface area (Å²) in [7, 11) is 1.38. The molecule has 2 aromatic heterocycles. The summed E-state index contributed by atoms with van der Waals surface area (Å²) < 4.78 is 6.85. The SMILES string of the molecule is C=Cc1sc(C(=O)OC)cc1-c1cnc(/C=C(/C)[CH]=[W])[nH]1. The van der Waals surface area contributed by atoms with Gasteiger partial charge in [0.1, 0.15) is 0 Å². The molecule has 0 bridgehead atoms. The maximum atomic E-state index is 11.6. The molecule has 0 aromatic carbocycles. The van der Waals surface area contributed by atoms with E-state index in [4.69, 9.17) is 4.74 Å². The van der Waals surface area contributed by atoms with Crippen molar-refractivity contribution in [2.24, 2.45) is 0 Å². The van der Waals surface area contributed by atoms with Crippen LogP contribution in [-0.2, 0) is 24.1 Å². The van der Waals surface area contributed by atoms with Crippen molar-refractivity contribution in [3.05, 3.63) is 40.0 Å². The molecule has 2 heterocycles. The third kappa shape index (κ3) is 3.55. The number of nitrogens with one attached hydrogen (secondary N) is 1. The van der Waals surface area contributed by atoms with Crippen molar-refractivity contribution in [2.75, 3.05) is 7.11 Å². The molecule has 2 aromatic rings. The molecule has 0 radical (unpaired) electrons. The zero-order chi connectivity index (χ0) is 15.4. The molecule has 0 atom stereocenters. The van der Waals surface area contributed by atoms with Crippen molar-refractivity contribution in [3.8, 4) is 11.3 Å². The van der Waals surface area contributed by atoms with Crippen LogP contribution in [0.2, 0.25) is 0 Å². The Morgan fingerprint density at radius 2 is 2.33 bits per heavy atom. The van der Waals surface area contributed by atoms with Gasteiger partial charge in [-0.2, -0.15) is 0 Å². The zero-order valence-electron chi connectivity index (χ0n) is 11.7. The first-order valence-electron chi connectivity index (χ1n) is 6.12. The van der Waals surface area contributed by atoms with Crippen LogP contribution in [0.15, 0.2) is 24.4 Å². The van der Waals surface area contributed by atoms with Crippen molar-refractivity contribution in [2.45, 2.75) is 6.92 Å². The number of hydrogen-bond donors (Lipinski definition) is 1. The Morgan fingerprint density at radius 3 is 2.95 bits per heavy atom. The average molecular weight is 470 g/mol. The average Bonchev–Trinajstić information content (AvgIpc) is 3.12. The van der Waals surface area contributed by atoms with Gasteiger partial charge in [-0.15, -0.1) is 0 Å². The van der Waals surface area contributed by atoms with Crippen LogP contribution in [0.3, 0.4) is 0 Å². The summed E-state index contributed by atoms with van der Waals surface area (Å²) >= 11 is 2.76. The van der Waals surface area contributed by atoms with Gasteiger partial charge >= 0.3 is 138 Å². The van der Waals surface area contributed by atoms with E-state index < -0.39 is 0 Å². The number of carbonyl (C=O) groups is 1. The van der Waals surface area contributed by atoms with Gasteiger partial charge in [0.15, 0.2) is 0 Å². The number of aromatic amines is 1. The van der Waals surface area contributed by atoms with Gasteiger partial charge in [-0.3, -0.25) is 0 Å². The minimum atomic E-state index is -0.339. The first kappa shape index (κ1) is 15.8. The van der Waals surface area contributed by atoms with Gasteiger partial charge in [-0.25, -0.2) is 0 Å². The third-order valence-electron chi connectivity index (χ3n) is 2.77. The number of methoxy groups -OCH3 is 1. The molecule has 108 valence electrons. The van der Waals surface area contributed by atoms with Crippen molar-refractivity contribution >= 4 is 33.9 Å². The molecule has 0 aliphatic carbocycles. The van der Waals surface area contributed by atoms with Gasteiger partial charge in [-0.1, -0.05) is 0 Å². The van der Waals surface area contributed by atoms with E-state index >= 15 is 0 Å². The van der Waals surface area contributed by atoms with Crippen molar-refractivity contribution in [3.63, 3.8) is 0 Å². The fourth-order valence-corrected chi connectivity index (χ4v) is 2.95. The van der Waals surface area contributed by atoms with E-state index in [0.717, 1.165) is 27.5 Å². The maximum absolute atomic E-state index is 11.6. The van der Waals surface area contributed by atoms with E-state index in [9.17, 15) is 4.79 Å².